The van der Waals surface area contributed by atoms with Gasteiger partial charge in [0.25, 0.3) is 0 Å². The van der Waals surface area contributed by atoms with Crippen LogP contribution in [0.25, 0.3) is 0 Å². The molecule has 0 aromatic carbocycles. The monoisotopic (exact) mass is 265 g/mol. The summed E-state index contributed by atoms with van der Waals surface area (Å²) in [6.45, 7) is 1.51. The summed E-state index contributed by atoms with van der Waals surface area (Å²) in [6.07, 6.45) is 11.4. The van der Waals surface area contributed by atoms with Crippen LogP contribution in [0.15, 0.2) is 0 Å². The van der Waals surface area contributed by atoms with E-state index < -0.39 is 0 Å². The second-order valence-corrected chi connectivity index (χ2v) is 6.90. The van der Waals surface area contributed by atoms with Gasteiger partial charge in [-0.1, -0.05) is 19.3 Å². The van der Waals surface area contributed by atoms with E-state index >= 15 is 0 Å². The van der Waals surface area contributed by atoms with Gasteiger partial charge in [-0.15, -0.1) is 0 Å². The molecular formula is C16H27NO2. The number of carbonyl (C=O) groups excluding carboxylic acids is 1. The van der Waals surface area contributed by atoms with Gasteiger partial charge in [0.05, 0.1) is 12.6 Å². The van der Waals surface area contributed by atoms with Gasteiger partial charge in [-0.05, 0) is 49.9 Å². The van der Waals surface area contributed by atoms with Gasteiger partial charge in [-0.2, -0.15) is 0 Å². The Kier molecular flexibility index (Phi) is 4.42. The topological polar surface area (TPSA) is 38.3 Å². The van der Waals surface area contributed by atoms with Crippen LogP contribution in [0.1, 0.15) is 57.8 Å². The molecule has 108 valence electrons. The Balaban J connectivity index is 1.38. The summed E-state index contributed by atoms with van der Waals surface area (Å²) in [5.41, 5.74) is 0. The molecule has 1 heterocycles. The number of nitrogens with one attached hydrogen (secondary N) is 1. The van der Waals surface area contributed by atoms with Crippen molar-refractivity contribution in [3.8, 4) is 0 Å². The molecule has 3 fully saturated rings. The predicted octanol–water partition coefficient (Wildman–Crippen LogP) is 2.89. The Labute approximate surface area is 116 Å². The summed E-state index contributed by atoms with van der Waals surface area (Å²) in [7, 11) is 0. The Morgan fingerprint density at radius 2 is 1.89 bits per heavy atom. The first-order valence-corrected chi connectivity index (χ1v) is 8.16. The Morgan fingerprint density at radius 1 is 1.11 bits per heavy atom. The van der Waals surface area contributed by atoms with Crippen LogP contribution in [0.5, 0.6) is 0 Å². The lowest BCUT2D eigenvalue weighted by Crippen LogP contribution is -2.35. The van der Waals surface area contributed by atoms with Crippen molar-refractivity contribution in [3.63, 3.8) is 0 Å². The summed E-state index contributed by atoms with van der Waals surface area (Å²) in [5.74, 6) is 3.01. The zero-order chi connectivity index (χ0) is 13.1. The number of ether oxygens (including phenoxy) is 1. The minimum atomic E-state index is 0.242. The molecule has 0 aromatic rings. The van der Waals surface area contributed by atoms with Crippen molar-refractivity contribution in [1.29, 1.82) is 0 Å². The van der Waals surface area contributed by atoms with Gasteiger partial charge in [0.2, 0.25) is 5.91 Å². The fourth-order valence-corrected chi connectivity index (χ4v) is 4.39. The van der Waals surface area contributed by atoms with Gasteiger partial charge in [0.1, 0.15) is 0 Å². The van der Waals surface area contributed by atoms with Crippen LogP contribution in [-0.2, 0) is 9.53 Å². The number of hydrogen-bond donors (Lipinski definition) is 1. The summed E-state index contributed by atoms with van der Waals surface area (Å²) < 4.78 is 5.29. The fourth-order valence-electron chi connectivity index (χ4n) is 4.39. The number of fused-ring (bicyclic) bond motifs is 2. The highest BCUT2D eigenvalue weighted by molar-refractivity contribution is 5.76. The average molecular weight is 265 g/mol. The van der Waals surface area contributed by atoms with Crippen molar-refractivity contribution < 1.29 is 9.53 Å². The average Bonchev–Trinajstić information content (AvgIpc) is 2.89. The molecule has 0 spiro atoms. The van der Waals surface area contributed by atoms with Crippen molar-refractivity contribution in [2.45, 2.75) is 63.8 Å². The zero-order valence-corrected chi connectivity index (χ0v) is 11.9. The smallest absolute Gasteiger partial charge is 0.220 e. The molecule has 3 aliphatic rings. The molecule has 2 aliphatic carbocycles. The van der Waals surface area contributed by atoms with Gasteiger partial charge in [-0.3, -0.25) is 4.79 Å². The highest BCUT2D eigenvalue weighted by Crippen LogP contribution is 2.43. The Bertz CT molecular complexity index is 300. The van der Waals surface area contributed by atoms with Gasteiger partial charge in [0.15, 0.2) is 0 Å². The van der Waals surface area contributed by atoms with E-state index in [1.807, 2.05) is 0 Å². The summed E-state index contributed by atoms with van der Waals surface area (Å²) in [6, 6.07) is 0.276. The van der Waals surface area contributed by atoms with Crippen LogP contribution in [0.4, 0.5) is 0 Å². The molecule has 3 nitrogen and oxygen atoms in total. The number of carbonyl (C=O) groups is 1. The van der Waals surface area contributed by atoms with E-state index in [-0.39, 0.29) is 11.9 Å². The van der Waals surface area contributed by atoms with Crippen molar-refractivity contribution in [2.75, 3.05) is 13.2 Å². The number of amides is 1. The maximum absolute atomic E-state index is 11.9. The molecule has 2 saturated carbocycles. The lowest BCUT2D eigenvalue weighted by molar-refractivity contribution is -0.122. The van der Waals surface area contributed by atoms with Crippen LogP contribution in [0, 0.1) is 17.8 Å². The van der Waals surface area contributed by atoms with Gasteiger partial charge in [0, 0.05) is 13.0 Å². The molecule has 19 heavy (non-hydrogen) atoms. The largest absolute Gasteiger partial charge is 0.379 e. The fraction of sp³-hybridized carbons (Fsp3) is 0.938. The molecule has 1 amide bonds. The van der Waals surface area contributed by atoms with Crippen molar-refractivity contribution >= 4 is 5.91 Å². The van der Waals surface area contributed by atoms with Crippen molar-refractivity contribution in [2.24, 2.45) is 17.8 Å². The highest BCUT2D eigenvalue weighted by atomic mass is 16.5. The molecule has 2 bridgehead atoms. The molecular weight excluding hydrogens is 238 g/mol. The molecule has 0 aromatic heterocycles. The first-order valence-electron chi connectivity index (χ1n) is 8.16. The maximum Gasteiger partial charge on any atom is 0.220 e. The van der Waals surface area contributed by atoms with Gasteiger partial charge >= 0.3 is 0 Å². The zero-order valence-electron chi connectivity index (χ0n) is 11.9. The lowest BCUT2D eigenvalue weighted by atomic mass is 9.67. The van der Waals surface area contributed by atoms with E-state index in [9.17, 15) is 4.79 Å². The molecule has 3 heteroatoms. The van der Waals surface area contributed by atoms with Crippen LogP contribution in [0.3, 0.4) is 0 Å². The predicted molar refractivity (Wildman–Crippen MR) is 74.8 cm³/mol. The first kappa shape index (κ1) is 13.4. The number of rotatable bonds is 4. The maximum atomic E-state index is 11.9. The van der Waals surface area contributed by atoms with E-state index in [4.69, 9.17) is 4.74 Å². The van der Waals surface area contributed by atoms with Crippen molar-refractivity contribution in [1.82, 2.24) is 5.32 Å². The molecule has 3 unspecified atom stereocenters. The molecule has 3 atom stereocenters. The van der Waals surface area contributed by atoms with E-state index in [1.54, 1.807) is 0 Å². The third kappa shape index (κ3) is 3.71. The van der Waals surface area contributed by atoms with Crippen LogP contribution < -0.4 is 5.32 Å². The summed E-state index contributed by atoms with van der Waals surface area (Å²) in [5, 5.41) is 3.10. The second-order valence-electron chi connectivity index (χ2n) is 6.90. The van der Waals surface area contributed by atoms with Crippen LogP contribution in [-0.4, -0.2) is 25.2 Å². The minimum Gasteiger partial charge on any atom is -0.379 e. The molecule has 3 rings (SSSR count). The van der Waals surface area contributed by atoms with Crippen molar-refractivity contribution in [3.05, 3.63) is 0 Å². The quantitative estimate of drug-likeness (QED) is 0.849. The van der Waals surface area contributed by atoms with E-state index in [1.165, 1.54) is 38.5 Å². The standard InChI is InChI=1S/C16H27NO2/c18-16(17-15-6-7-19-11-15)5-4-14-9-12-2-1-3-13(8-12)10-14/h12-15H,1-11H2,(H,17,18). The SMILES string of the molecule is O=C(CCC1CC2CCCC(C2)C1)NC1CCOC1. The van der Waals surface area contributed by atoms with Gasteiger partial charge < -0.3 is 10.1 Å². The van der Waals surface area contributed by atoms with E-state index in [0.717, 1.165) is 43.6 Å². The van der Waals surface area contributed by atoms with Gasteiger partial charge in [-0.25, -0.2) is 0 Å². The van der Waals surface area contributed by atoms with E-state index in [0.29, 0.717) is 6.61 Å². The van der Waals surface area contributed by atoms with Crippen LogP contribution in [0.2, 0.25) is 0 Å². The summed E-state index contributed by atoms with van der Waals surface area (Å²) in [4.78, 5) is 11.9. The summed E-state index contributed by atoms with van der Waals surface area (Å²) >= 11 is 0. The Morgan fingerprint density at radius 3 is 2.58 bits per heavy atom. The second kappa shape index (κ2) is 6.25. The Hall–Kier alpha value is -0.570. The first-order chi connectivity index (χ1) is 9.29. The third-order valence-electron chi connectivity index (χ3n) is 5.30. The minimum absolute atomic E-state index is 0.242. The molecule has 1 aliphatic heterocycles. The normalized spacial score (nSPS) is 38.1. The van der Waals surface area contributed by atoms with Crippen LogP contribution >= 0.6 is 0 Å². The lowest BCUT2D eigenvalue weighted by Gasteiger charge is -2.39. The molecule has 1 saturated heterocycles. The molecule has 1 N–H and O–H groups in total. The highest BCUT2D eigenvalue weighted by Gasteiger charge is 2.31. The molecule has 0 radical (unpaired) electrons. The third-order valence-corrected chi connectivity index (χ3v) is 5.30. The number of hydrogen-bond acceptors (Lipinski definition) is 2. The van der Waals surface area contributed by atoms with E-state index in [2.05, 4.69) is 5.32 Å².